The molecule has 7 heteroatoms. The summed E-state index contributed by atoms with van der Waals surface area (Å²) in [6, 6.07) is 12.0. The van der Waals surface area contributed by atoms with Gasteiger partial charge in [-0.2, -0.15) is 0 Å². The molecule has 4 rings (SSSR count). The maximum atomic E-state index is 12.3. The van der Waals surface area contributed by atoms with E-state index in [1.807, 2.05) is 35.7 Å². The van der Waals surface area contributed by atoms with Crippen LogP contribution in [0.25, 0.3) is 10.8 Å². The van der Waals surface area contributed by atoms with E-state index in [0.29, 0.717) is 30.3 Å². The van der Waals surface area contributed by atoms with Crippen LogP contribution in [0.4, 0.5) is 5.13 Å². The zero-order valence-electron chi connectivity index (χ0n) is 15.6. The molecule has 1 fully saturated rings. The lowest BCUT2D eigenvalue weighted by Crippen LogP contribution is -2.25. The van der Waals surface area contributed by atoms with Crippen LogP contribution >= 0.6 is 11.3 Å². The molecule has 2 aromatic carbocycles. The minimum atomic E-state index is -0.0839. The van der Waals surface area contributed by atoms with Gasteiger partial charge in [-0.3, -0.25) is 14.5 Å². The van der Waals surface area contributed by atoms with Crippen molar-refractivity contribution in [2.24, 2.45) is 0 Å². The van der Waals surface area contributed by atoms with Gasteiger partial charge >= 0.3 is 0 Å². The Morgan fingerprint density at radius 2 is 2.07 bits per heavy atom. The summed E-state index contributed by atoms with van der Waals surface area (Å²) >= 11 is 1.42. The molecule has 2 heterocycles. The predicted octanol–water partition coefficient (Wildman–Crippen LogP) is 3.29. The van der Waals surface area contributed by atoms with Gasteiger partial charge in [0.05, 0.1) is 19.2 Å². The first-order valence-corrected chi connectivity index (χ1v) is 10.1. The van der Waals surface area contributed by atoms with Gasteiger partial charge in [0.2, 0.25) is 11.8 Å². The van der Waals surface area contributed by atoms with Gasteiger partial charge < -0.3 is 10.1 Å². The number of ether oxygens (including phenoxy) is 1. The van der Waals surface area contributed by atoms with Gasteiger partial charge in [0, 0.05) is 24.9 Å². The molecule has 2 amide bonds. The summed E-state index contributed by atoms with van der Waals surface area (Å²) in [6.45, 7) is 1.17. The Balaban J connectivity index is 1.35. The number of thiazole rings is 1. The van der Waals surface area contributed by atoms with E-state index < -0.39 is 0 Å². The number of hydrogen-bond donors (Lipinski definition) is 1. The Morgan fingerprint density at radius 3 is 2.86 bits per heavy atom. The van der Waals surface area contributed by atoms with Crippen LogP contribution in [0.3, 0.4) is 0 Å². The summed E-state index contributed by atoms with van der Waals surface area (Å²) in [5, 5.41) is 7.69. The number of methoxy groups -OCH3 is 1. The summed E-state index contributed by atoms with van der Waals surface area (Å²) in [7, 11) is 1.65. The molecule has 0 radical (unpaired) electrons. The monoisotopic (exact) mass is 395 g/mol. The van der Waals surface area contributed by atoms with Gasteiger partial charge in [0.25, 0.3) is 0 Å². The highest BCUT2D eigenvalue weighted by Gasteiger charge is 2.24. The Labute approximate surface area is 167 Å². The second-order valence-corrected chi connectivity index (χ2v) is 7.61. The molecule has 1 aromatic heterocycles. The number of benzene rings is 2. The predicted molar refractivity (Wildman–Crippen MR) is 110 cm³/mol. The fourth-order valence-corrected chi connectivity index (χ4v) is 4.16. The van der Waals surface area contributed by atoms with Crippen LogP contribution in [0.1, 0.15) is 24.1 Å². The first-order chi connectivity index (χ1) is 13.6. The summed E-state index contributed by atoms with van der Waals surface area (Å²) in [5.74, 6) is 0.852. The highest BCUT2D eigenvalue weighted by molar-refractivity contribution is 7.14. The lowest BCUT2D eigenvalue weighted by atomic mass is 10.1. The second-order valence-electron chi connectivity index (χ2n) is 6.77. The zero-order chi connectivity index (χ0) is 19.5. The van der Waals surface area contributed by atoms with Crippen LogP contribution < -0.4 is 15.0 Å². The van der Waals surface area contributed by atoms with Gasteiger partial charge in [-0.1, -0.05) is 18.2 Å². The van der Waals surface area contributed by atoms with E-state index in [4.69, 9.17) is 4.74 Å². The fourth-order valence-electron chi connectivity index (χ4n) is 3.29. The molecule has 1 aliphatic heterocycles. The summed E-state index contributed by atoms with van der Waals surface area (Å²) in [5.41, 5.74) is 1.73. The van der Waals surface area contributed by atoms with E-state index >= 15 is 0 Å². The Morgan fingerprint density at radius 1 is 1.25 bits per heavy atom. The number of carbonyl (C=O) groups excluding carboxylic acids is 2. The highest BCUT2D eigenvalue weighted by Crippen LogP contribution is 2.25. The standard InChI is InChI=1S/C21H21N3O3S/c1-27-18-7-6-15-9-14(4-5-16(15)10-18)12-22-19(25)11-17-13-28-21(23-17)24-8-2-3-20(24)26/h4-7,9-10,13H,2-3,8,11-12H2,1H3,(H,22,25). The molecule has 0 spiro atoms. The van der Waals surface area contributed by atoms with Crippen molar-refractivity contribution in [2.45, 2.75) is 25.8 Å². The van der Waals surface area contributed by atoms with Gasteiger partial charge in [-0.05, 0) is 41.0 Å². The van der Waals surface area contributed by atoms with Gasteiger partial charge in [0.1, 0.15) is 5.75 Å². The van der Waals surface area contributed by atoms with Crippen molar-refractivity contribution >= 4 is 39.1 Å². The van der Waals surface area contributed by atoms with Crippen molar-refractivity contribution < 1.29 is 14.3 Å². The van der Waals surface area contributed by atoms with Crippen LogP contribution in [-0.2, 0) is 22.6 Å². The molecule has 6 nitrogen and oxygen atoms in total. The molecule has 28 heavy (non-hydrogen) atoms. The smallest absolute Gasteiger partial charge is 0.228 e. The van der Waals surface area contributed by atoms with Crippen molar-refractivity contribution in [3.05, 3.63) is 53.0 Å². The van der Waals surface area contributed by atoms with Crippen LogP contribution in [0.5, 0.6) is 5.75 Å². The van der Waals surface area contributed by atoms with Crippen molar-refractivity contribution in [2.75, 3.05) is 18.6 Å². The number of rotatable bonds is 6. The number of anilines is 1. The third-order valence-electron chi connectivity index (χ3n) is 4.79. The topological polar surface area (TPSA) is 71.5 Å². The van der Waals surface area contributed by atoms with Crippen molar-refractivity contribution in [3.8, 4) is 5.75 Å². The quantitative estimate of drug-likeness (QED) is 0.695. The van der Waals surface area contributed by atoms with E-state index in [9.17, 15) is 9.59 Å². The molecule has 0 saturated carbocycles. The number of aromatic nitrogens is 1. The van der Waals surface area contributed by atoms with E-state index in [0.717, 1.165) is 28.5 Å². The zero-order valence-corrected chi connectivity index (χ0v) is 16.4. The number of carbonyl (C=O) groups is 2. The first kappa shape index (κ1) is 18.4. The molecule has 1 aliphatic rings. The molecule has 0 aliphatic carbocycles. The van der Waals surface area contributed by atoms with Gasteiger partial charge in [0.15, 0.2) is 5.13 Å². The number of nitrogens with one attached hydrogen (secondary N) is 1. The van der Waals surface area contributed by atoms with Gasteiger partial charge in [-0.15, -0.1) is 11.3 Å². The number of amides is 2. The molecule has 0 unspecified atom stereocenters. The van der Waals surface area contributed by atoms with E-state index in [1.54, 1.807) is 12.0 Å². The molecule has 0 atom stereocenters. The van der Waals surface area contributed by atoms with Crippen molar-refractivity contribution in [1.82, 2.24) is 10.3 Å². The largest absolute Gasteiger partial charge is 0.497 e. The fraction of sp³-hybridized carbons (Fsp3) is 0.286. The highest BCUT2D eigenvalue weighted by atomic mass is 32.1. The maximum Gasteiger partial charge on any atom is 0.228 e. The summed E-state index contributed by atoms with van der Waals surface area (Å²) in [6.07, 6.45) is 1.66. The average molecular weight is 395 g/mol. The van der Waals surface area contributed by atoms with Crippen molar-refractivity contribution in [3.63, 3.8) is 0 Å². The Bertz CT molecular complexity index is 1030. The van der Waals surface area contributed by atoms with E-state index in [-0.39, 0.29) is 18.2 Å². The number of nitrogens with zero attached hydrogens (tertiary/aromatic N) is 2. The third kappa shape index (κ3) is 3.99. The van der Waals surface area contributed by atoms with Crippen LogP contribution in [0.2, 0.25) is 0 Å². The second kappa shape index (κ2) is 7.98. The molecule has 0 bridgehead atoms. The average Bonchev–Trinajstić information content (AvgIpc) is 3.34. The minimum absolute atomic E-state index is 0.0839. The van der Waals surface area contributed by atoms with Gasteiger partial charge in [-0.25, -0.2) is 4.98 Å². The SMILES string of the molecule is COc1ccc2cc(CNC(=O)Cc3csc(N4CCCC4=O)n3)ccc2c1. The normalized spacial score (nSPS) is 13.9. The molecular weight excluding hydrogens is 374 g/mol. The van der Waals surface area contributed by atoms with Crippen LogP contribution in [-0.4, -0.2) is 30.5 Å². The van der Waals surface area contributed by atoms with Crippen LogP contribution in [0, 0.1) is 0 Å². The molecular formula is C21H21N3O3S. The first-order valence-electron chi connectivity index (χ1n) is 9.20. The Hall–Kier alpha value is -2.93. The summed E-state index contributed by atoms with van der Waals surface area (Å²) < 4.78 is 5.24. The number of hydrogen-bond acceptors (Lipinski definition) is 5. The Kier molecular flexibility index (Phi) is 5.25. The molecule has 1 N–H and O–H groups in total. The molecule has 3 aromatic rings. The molecule has 144 valence electrons. The van der Waals surface area contributed by atoms with Crippen LogP contribution in [0.15, 0.2) is 41.8 Å². The van der Waals surface area contributed by atoms with Crippen molar-refractivity contribution in [1.29, 1.82) is 0 Å². The summed E-state index contributed by atoms with van der Waals surface area (Å²) in [4.78, 5) is 30.2. The van der Waals surface area contributed by atoms with E-state index in [1.165, 1.54) is 11.3 Å². The lowest BCUT2D eigenvalue weighted by molar-refractivity contribution is -0.120. The maximum absolute atomic E-state index is 12.3. The minimum Gasteiger partial charge on any atom is -0.497 e. The lowest BCUT2D eigenvalue weighted by Gasteiger charge is -2.10. The molecule has 1 saturated heterocycles. The number of fused-ring (bicyclic) bond motifs is 1. The third-order valence-corrected chi connectivity index (χ3v) is 5.70. The van der Waals surface area contributed by atoms with E-state index in [2.05, 4.69) is 16.4 Å².